The number of rotatable bonds is 7. The fraction of sp³-hybridized carbons (Fsp3) is 0.115. The van der Waals surface area contributed by atoms with Crippen molar-refractivity contribution in [3.8, 4) is 17.1 Å². The van der Waals surface area contributed by atoms with Crippen molar-refractivity contribution in [2.24, 2.45) is 0 Å². The Morgan fingerprint density at radius 2 is 1.89 bits per heavy atom. The zero-order chi connectivity index (χ0) is 24.2. The molecule has 3 aromatic heterocycles. The number of benzene rings is 2. The van der Waals surface area contributed by atoms with Gasteiger partial charge in [-0.1, -0.05) is 18.2 Å². The van der Waals surface area contributed by atoms with Gasteiger partial charge in [-0.2, -0.15) is 9.50 Å². The van der Waals surface area contributed by atoms with Crippen LogP contribution in [0.25, 0.3) is 17.2 Å². The summed E-state index contributed by atoms with van der Waals surface area (Å²) < 4.78 is 6.82. The van der Waals surface area contributed by atoms with Crippen LogP contribution < -0.4 is 15.4 Å². The molecular weight excluding hydrogens is 442 g/mol. The summed E-state index contributed by atoms with van der Waals surface area (Å²) >= 11 is 0. The molecule has 3 heterocycles. The van der Waals surface area contributed by atoms with Crippen LogP contribution in [0.15, 0.2) is 79.1 Å². The van der Waals surface area contributed by atoms with Crippen LogP contribution in [0.1, 0.15) is 21.6 Å². The lowest BCUT2D eigenvalue weighted by Gasteiger charge is -2.11. The Morgan fingerprint density at radius 3 is 2.66 bits per heavy atom. The average molecular weight is 466 g/mol. The standard InChI is InChI=1S/C26H23N7O2/c1-17-13-23(33-26(29-17)31-24(32-33)20-6-4-12-27-16-20)30-21-7-3-5-19(14-21)25(34)28-15-18-8-10-22(35-2)11-9-18/h3-14,16,30H,15H2,1-2H3,(H,28,34). The Bertz CT molecular complexity index is 1480. The van der Waals surface area contributed by atoms with Gasteiger partial charge >= 0.3 is 0 Å². The molecule has 2 N–H and O–H groups in total. The largest absolute Gasteiger partial charge is 0.497 e. The van der Waals surface area contributed by atoms with Crippen molar-refractivity contribution in [1.82, 2.24) is 29.9 Å². The third-order valence-electron chi connectivity index (χ3n) is 5.37. The SMILES string of the molecule is COc1ccc(CNC(=O)c2cccc(Nc3cc(C)nc4nc(-c5cccnc5)nn34)c2)cc1. The van der Waals surface area contributed by atoms with Crippen LogP contribution in [0, 0.1) is 6.92 Å². The van der Waals surface area contributed by atoms with Gasteiger partial charge in [-0.3, -0.25) is 9.78 Å². The Hall–Kier alpha value is -4.79. The molecule has 5 aromatic rings. The molecule has 0 unspecified atom stereocenters. The number of anilines is 2. The van der Waals surface area contributed by atoms with Crippen molar-refractivity contribution in [2.75, 3.05) is 12.4 Å². The van der Waals surface area contributed by atoms with Crippen LogP contribution in [0.5, 0.6) is 5.75 Å². The van der Waals surface area contributed by atoms with E-state index in [1.165, 1.54) is 0 Å². The van der Waals surface area contributed by atoms with Gasteiger partial charge in [0.15, 0.2) is 5.82 Å². The van der Waals surface area contributed by atoms with E-state index in [1.54, 1.807) is 36.2 Å². The molecule has 0 fully saturated rings. The van der Waals surface area contributed by atoms with Gasteiger partial charge < -0.3 is 15.4 Å². The summed E-state index contributed by atoms with van der Waals surface area (Å²) in [4.78, 5) is 25.9. The van der Waals surface area contributed by atoms with Crippen LogP contribution in [0.3, 0.4) is 0 Å². The van der Waals surface area contributed by atoms with Crippen molar-refractivity contribution in [3.05, 3.63) is 95.9 Å². The van der Waals surface area contributed by atoms with Gasteiger partial charge in [-0.15, -0.1) is 5.10 Å². The second-order valence-electron chi connectivity index (χ2n) is 7.91. The molecule has 0 bridgehead atoms. The molecule has 0 aliphatic rings. The molecule has 0 atom stereocenters. The number of hydrogen-bond acceptors (Lipinski definition) is 7. The van der Waals surface area contributed by atoms with E-state index < -0.39 is 0 Å². The summed E-state index contributed by atoms with van der Waals surface area (Å²) in [5.74, 6) is 2.30. The van der Waals surface area contributed by atoms with Crippen molar-refractivity contribution in [1.29, 1.82) is 0 Å². The lowest BCUT2D eigenvalue weighted by Crippen LogP contribution is -2.22. The van der Waals surface area contributed by atoms with Crippen molar-refractivity contribution < 1.29 is 9.53 Å². The molecule has 9 heteroatoms. The smallest absolute Gasteiger partial charge is 0.254 e. The van der Waals surface area contributed by atoms with Crippen molar-refractivity contribution >= 4 is 23.2 Å². The first-order valence-corrected chi connectivity index (χ1v) is 11.0. The first-order chi connectivity index (χ1) is 17.1. The van der Waals surface area contributed by atoms with Gasteiger partial charge in [0.2, 0.25) is 0 Å². The highest BCUT2D eigenvalue weighted by Crippen LogP contribution is 2.22. The minimum Gasteiger partial charge on any atom is -0.497 e. The number of fused-ring (bicyclic) bond motifs is 1. The minimum absolute atomic E-state index is 0.167. The predicted octanol–water partition coefficient (Wildman–Crippen LogP) is 4.18. The summed E-state index contributed by atoms with van der Waals surface area (Å²) in [6.45, 7) is 2.31. The van der Waals surface area contributed by atoms with Gasteiger partial charge in [0.25, 0.3) is 11.7 Å². The Kier molecular flexibility index (Phi) is 6.04. The Balaban J connectivity index is 1.35. The van der Waals surface area contributed by atoms with E-state index in [0.717, 1.165) is 28.3 Å². The van der Waals surface area contributed by atoms with Crippen LogP contribution in [0.4, 0.5) is 11.5 Å². The number of ether oxygens (including phenoxy) is 1. The van der Waals surface area contributed by atoms with Crippen LogP contribution in [0.2, 0.25) is 0 Å². The number of aromatic nitrogens is 5. The van der Waals surface area contributed by atoms with E-state index in [9.17, 15) is 4.79 Å². The Morgan fingerprint density at radius 1 is 1.03 bits per heavy atom. The second-order valence-corrected chi connectivity index (χ2v) is 7.91. The maximum absolute atomic E-state index is 12.8. The van der Waals surface area contributed by atoms with Gasteiger partial charge in [0, 0.05) is 47.5 Å². The highest BCUT2D eigenvalue weighted by atomic mass is 16.5. The fourth-order valence-corrected chi connectivity index (χ4v) is 3.61. The average Bonchev–Trinajstić information content (AvgIpc) is 3.32. The molecule has 1 amide bonds. The molecule has 0 spiro atoms. The van der Waals surface area contributed by atoms with Crippen LogP contribution in [-0.4, -0.2) is 37.6 Å². The number of nitrogens with zero attached hydrogens (tertiary/aromatic N) is 5. The summed E-state index contributed by atoms with van der Waals surface area (Å²) in [5, 5.41) is 10.9. The van der Waals surface area contributed by atoms with Crippen molar-refractivity contribution in [3.63, 3.8) is 0 Å². The maximum Gasteiger partial charge on any atom is 0.254 e. The lowest BCUT2D eigenvalue weighted by atomic mass is 10.1. The van der Waals surface area contributed by atoms with Gasteiger partial charge in [-0.25, -0.2) is 4.98 Å². The molecule has 174 valence electrons. The fourth-order valence-electron chi connectivity index (χ4n) is 3.61. The van der Waals surface area contributed by atoms with Crippen LogP contribution >= 0.6 is 0 Å². The van der Waals surface area contributed by atoms with Crippen LogP contribution in [-0.2, 0) is 6.54 Å². The molecule has 9 nitrogen and oxygen atoms in total. The number of aryl methyl sites for hydroxylation is 1. The molecule has 5 rings (SSSR count). The molecular formula is C26H23N7O2. The number of nitrogens with one attached hydrogen (secondary N) is 2. The van der Waals surface area contributed by atoms with E-state index >= 15 is 0 Å². The summed E-state index contributed by atoms with van der Waals surface area (Å²) in [7, 11) is 1.62. The number of carbonyl (C=O) groups excluding carboxylic acids is 1. The van der Waals surface area contributed by atoms with Gasteiger partial charge in [0.05, 0.1) is 7.11 Å². The summed E-state index contributed by atoms with van der Waals surface area (Å²) in [6, 6.07) is 20.5. The zero-order valence-corrected chi connectivity index (χ0v) is 19.3. The molecule has 0 saturated heterocycles. The van der Waals surface area contributed by atoms with E-state index in [0.29, 0.717) is 29.5 Å². The number of carbonyl (C=O) groups is 1. The molecule has 0 aliphatic carbocycles. The number of amides is 1. The minimum atomic E-state index is -0.167. The van der Waals surface area contributed by atoms with Gasteiger partial charge in [0.1, 0.15) is 11.6 Å². The number of methoxy groups -OCH3 is 1. The predicted molar refractivity (Wildman–Crippen MR) is 133 cm³/mol. The first-order valence-electron chi connectivity index (χ1n) is 11.0. The Labute approximate surface area is 201 Å². The normalized spacial score (nSPS) is 10.8. The third kappa shape index (κ3) is 4.93. The number of pyridine rings is 1. The highest BCUT2D eigenvalue weighted by molar-refractivity contribution is 5.95. The number of hydrogen-bond donors (Lipinski definition) is 2. The second kappa shape index (κ2) is 9.60. The summed E-state index contributed by atoms with van der Waals surface area (Å²) in [6.07, 6.45) is 3.41. The molecule has 0 radical (unpaired) electrons. The highest BCUT2D eigenvalue weighted by Gasteiger charge is 2.13. The molecule has 35 heavy (non-hydrogen) atoms. The molecule has 0 saturated carbocycles. The molecule has 2 aromatic carbocycles. The third-order valence-corrected chi connectivity index (χ3v) is 5.37. The lowest BCUT2D eigenvalue weighted by molar-refractivity contribution is 0.0951. The monoisotopic (exact) mass is 465 g/mol. The topological polar surface area (TPSA) is 106 Å². The summed E-state index contributed by atoms with van der Waals surface area (Å²) in [5.41, 5.74) is 3.86. The van der Waals surface area contributed by atoms with Crippen molar-refractivity contribution in [2.45, 2.75) is 13.5 Å². The quantitative estimate of drug-likeness (QED) is 0.371. The van der Waals surface area contributed by atoms with E-state index in [4.69, 9.17) is 4.74 Å². The van der Waals surface area contributed by atoms with Gasteiger partial charge in [-0.05, 0) is 55.0 Å². The maximum atomic E-state index is 12.8. The van der Waals surface area contributed by atoms with E-state index in [-0.39, 0.29) is 5.91 Å². The molecule has 0 aliphatic heterocycles. The zero-order valence-electron chi connectivity index (χ0n) is 19.3. The first kappa shape index (κ1) is 22.0. The van der Waals surface area contributed by atoms with E-state index in [2.05, 4.69) is 30.7 Å². The van der Waals surface area contributed by atoms with E-state index in [1.807, 2.05) is 61.5 Å².